The number of benzene rings is 1. The van der Waals surface area contributed by atoms with Crippen LogP contribution < -0.4 is 10.6 Å². The van der Waals surface area contributed by atoms with Crippen molar-refractivity contribution in [1.82, 2.24) is 20.4 Å². The number of amides is 2. The minimum Gasteiger partial charge on any atom is -0.357 e. The normalized spacial score (nSPS) is 15.0. The van der Waals surface area contributed by atoms with Crippen molar-refractivity contribution in [2.75, 3.05) is 7.05 Å². The average molecular weight is 368 g/mol. The van der Waals surface area contributed by atoms with Gasteiger partial charge in [0.1, 0.15) is 6.04 Å². The van der Waals surface area contributed by atoms with Gasteiger partial charge in [0.25, 0.3) is 5.91 Å². The number of para-hydroxylation sites is 1. The lowest BCUT2D eigenvalue weighted by Gasteiger charge is -2.20. The van der Waals surface area contributed by atoms with Gasteiger partial charge in [-0.2, -0.15) is 5.10 Å². The highest BCUT2D eigenvalue weighted by molar-refractivity contribution is 5.97. The van der Waals surface area contributed by atoms with Crippen molar-refractivity contribution >= 4 is 11.8 Å². The molecule has 6 heteroatoms. The third-order valence-electron chi connectivity index (χ3n) is 5.13. The van der Waals surface area contributed by atoms with Crippen LogP contribution >= 0.6 is 0 Å². The number of likely N-dealkylation sites (N-methyl/N-ethyl adjacent to an activating group) is 1. The summed E-state index contributed by atoms with van der Waals surface area (Å²) in [5.41, 5.74) is 3.55. The van der Waals surface area contributed by atoms with Crippen LogP contribution in [0.1, 0.15) is 54.9 Å². The van der Waals surface area contributed by atoms with Crippen molar-refractivity contribution in [2.45, 2.75) is 52.0 Å². The number of aromatic nitrogens is 2. The summed E-state index contributed by atoms with van der Waals surface area (Å²) < 4.78 is 1.90. The summed E-state index contributed by atoms with van der Waals surface area (Å²) in [6.45, 7) is 3.84. The van der Waals surface area contributed by atoms with Gasteiger partial charge < -0.3 is 10.6 Å². The number of carbonyl (C=O) groups excluding carboxylic acids is 2. The molecule has 0 bridgehead atoms. The van der Waals surface area contributed by atoms with E-state index in [1.807, 2.05) is 48.9 Å². The molecule has 1 aliphatic rings. The van der Waals surface area contributed by atoms with E-state index < -0.39 is 6.04 Å². The van der Waals surface area contributed by atoms with Crippen molar-refractivity contribution in [3.8, 4) is 5.69 Å². The van der Waals surface area contributed by atoms with Crippen molar-refractivity contribution < 1.29 is 9.59 Å². The Morgan fingerprint density at radius 2 is 1.78 bits per heavy atom. The lowest BCUT2D eigenvalue weighted by atomic mass is 10.0. The molecule has 2 aromatic rings. The Bertz CT molecular complexity index is 811. The van der Waals surface area contributed by atoms with Crippen LogP contribution in [0, 0.1) is 5.92 Å². The number of fused-ring (bicyclic) bond motifs is 1. The second kappa shape index (κ2) is 8.37. The Kier molecular flexibility index (Phi) is 5.94. The molecule has 2 N–H and O–H groups in total. The minimum absolute atomic E-state index is 0.0105. The molecule has 1 aromatic heterocycles. The molecule has 3 rings (SSSR count). The van der Waals surface area contributed by atoms with Crippen LogP contribution in [-0.2, 0) is 17.6 Å². The third-order valence-corrected chi connectivity index (χ3v) is 5.13. The predicted octanol–water partition coefficient (Wildman–Crippen LogP) is 2.64. The summed E-state index contributed by atoms with van der Waals surface area (Å²) in [6, 6.07) is 9.34. The lowest BCUT2D eigenvalue weighted by molar-refractivity contribution is -0.123. The van der Waals surface area contributed by atoms with E-state index in [1.54, 1.807) is 7.05 Å². The number of rotatable bonds is 5. The Morgan fingerprint density at radius 1 is 1.07 bits per heavy atom. The predicted molar refractivity (Wildman–Crippen MR) is 105 cm³/mol. The van der Waals surface area contributed by atoms with Crippen molar-refractivity contribution in [3.63, 3.8) is 0 Å². The quantitative estimate of drug-likeness (QED) is 0.797. The fraction of sp³-hybridized carbons (Fsp3) is 0.476. The first-order valence-corrected chi connectivity index (χ1v) is 9.71. The van der Waals surface area contributed by atoms with Gasteiger partial charge in [-0.15, -0.1) is 0 Å². The Balaban J connectivity index is 1.98. The van der Waals surface area contributed by atoms with Crippen LogP contribution in [0.15, 0.2) is 30.3 Å². The molecular formula is C21H28N4O2. The molecule has 1 aliphatic carbocycles. The number of hydrogen-bond acceptors (Lipinski definition) is 3. The average Bonchev–Trinajstić information content (AvgIpc) is 2.87. The first kappa shape index (κ1) is 19.1. The molecule has 0 saturated carbocycles. The maximum atomic E-state index is 13.0. The van der Waals surface area contributed by atoms with Gasteiger partial charge in [0.15, 0.2) is 5.69 Å². The number of hydrogen-bond donors (Lipinski definition) is 2. The second-order valence-electron chi connectivity index (χ2n) is 7.39. The molecule has 144 valence electrons. The smallest absolute Gasteiger partial charge is 0.272 e. The van der Waals surface area contributed by atoms with Crippen LogP contribution in [0.3, 0.4) is 0 Å². The van der Waals surface area contributed by atoms with Crippen LogP contribution in [0.2, 0.25) is 0 Å². The summed E-state index contributed by atoms with van der Waals surface area (Å²) in [6.07, 6.45) is 5.05. The van der Waals surface area contributed by atoms with Gasteiger partial charge >= 0.3 is 0 Å². The molecule has 0 unspecified atom stereocenters. The summed E-state index contributed by atoms with van der Waals surface area (Å²) in [5.74, 6) is -0.472. The molecule has 0 saturated heterocycles. The Labute approximate surface area is 160 Å². The Hall–Kier alpha value is -2.63. The maximum Gasteiger partial charge on any atom is 0.272 e. The third kappa shape index (κ3) is 4.04. The van der Waals surface area contributed by atoms with Gasteiger partial charge in [-0.25, -0.2) is 4.68 Å². The van der Waals surface area contributed by atoms with Crippen LogP contribution in [0.4, 0.5) is 0 Å². The van der Waals surface area contributed by atoms with E-state index in [9.17, 15) is 9.59 Å². The zero-order valence-corrected chi connectivity index (χ0v) is 16.3. The SMILES string of the molecule is CNC(=O)[C@@H](NC(=O)c1nn(-c2ccccc2)c2c1CCCCC2)C(C)C. The molecule has 6 nitrogen and oxygen atoms in total. The molecular weight excluding hydrogens is 340 g/mol. The molecule has 27 heavy (non-hydrogen) atoms. The van der Waals surface area contributed by atoms with E-state index in [0.29, 0.717) is 5.69 Å². The maximum absolute atomic E-state index is 13.0. The van der Waals surface area contributed by atoms with Crippen LogP contribution in [-0.4, -0.2) is 34.7 Å². The van der Waals surface area contributed by atoms with E-state index >= 15 is 0 Å². The Morgan fingerprint density at radius 3 is 2.44 bits per heavy atom. The first-order valence-electron chi connectivity index (χ1n) is 9.71. The second-order valence-corrected chi connectivity index (χ2v) is 7.39. The molecule has 1 atom stereocenters. The summed E-state index contributed by atoms with van der Waals surface area (Å²) in [7, 11) is 1.58. The first-order chi connectivity index (χ1) is 13.0. The summed E-state index contributed by atoms with van der Waals surface area (Å²) in [4.78, 5) is 25.2. The van der Waals surface area contributed by atoms with Crippen LogP contribution in [0.25, 0.3) is 5.69 Å². The van der Waals surface area contributed by atoms with Gasteiger partial charge in [0.2, 0.25) is 5.91 Å². The molecule has 1 heterocycles. The zero-order chi connectivity index (χ0) is 19.4. The molecule has 0 spiro atoms. The van der Waals surface area contributed by atoms with Gasteiger partial charge in [0, 0.05) is 18.3 Å². The van der Waals surface area contributed by atoms with Crippen molar-refractivity contribution in [3.05, 3.63) is 47.3 Å². The zero-order valence-electron chi connectivity index (χ0n) is 16.3. The van der Waals surface area contributed by atoms with E-state index in [4.69, 9.17) is 0 Å². The number of carbonyl (C=O) groups is 2. The molecule has 1 aromatic carbocycles. The highest BCUT2D eigenvalue weighted by Gasteiger charge is 2.29. The largest absolute Gasteiger partial charge is 0.357 e. The van der Waals surface area contributed by atoms with E-state index in [2.05, 4.69) is 15.7 Å². The summed E-state index contributed by atoms with van der Waals surface area (Å²) in [5, 5.41) is 10.2. The number of nitrogens with zero attached hydrogens (tertiary/aromatic N) is 2. The lowest BCUT2D eigenvalue weighted by Crippen LogP contribution is -2.49. The van der Waals surface area contributed by atoms with Crippen molar-refractivity contribution in [1.29, 1.82) is 0 Å². The van der Waals surface area contributed by atoms with Gasteiger partial charge in [0.05, 0.1) is 5.69 Å². The fourth-order valence-corrected chi connectivity index (χ4v) is 3.64. The molecule has 0 aliphatic heterocycles. The monoisotopic (exact) mass is 368 g/mol. The van der Waals surface area contributed by atoms with Gasteiger partial charge in [-0.05, 0) is 43.7 Å². The standard InChI is InChI=1S/C21H28N4O2/c1-14(2)18(20(26)22-3)23-21(27)19-16-12-8-5-9-13-17(16)25(24-19)15-10-6-4-7-11-15/h4,6-7,10-11,14,18H,5,8-9,12-13H2,1-3H3,(H,22,26)(H,23,27)/t18-/m0/s1. The molecule has 0 fully saturated rings. The van der Waals surface area contributed by atoms with E-state index in [1.165, 1.54) is 0 Å². The highest BCUT2D eigenvalue weighted by atomic mass is 16.2. The minimum atomic E-state index is -0.578. The molecule has 2 amide bonds. The van der Waals surface area contributed by atoms with Crippen molar-refractivity contribution in [2.24, 2.45) is 5.92 Å². The molecule has 0 radical (unpaired) electrons. The van der Waals surface area contributed by atoms with Crippen LogP contribution in [0.5, 0.6) is 0 Å². The summed E-state index contributed by atoms with van der Waals surface area (Å²) >= 11 is 0. The number of nitrogens with one attached hydrogen (secondary N) is 2. The van der Waals surface area contributed by atoms with E-state index in [-0.39, 0.29) is 17.7 Å². The topological polar surface area (TPSA) is 76.0 Å². The van der Waals surface area contributed by atoms with Gasteiger partial charge in [-0.3, -0.25) is 9.59 Å². The van der Waals surface area contributed by atoms with E-state index in [0.717, 1.165) is 49.0 Å². The fourth-order valence-electron chi connectivity index (χ4n) is 3.64. The highest BCUT2D eigenvalue weighted by Crippen LogP contribution is 2.26. The van der Waals surface area contributed by atoms with Gasteiger partial charge in [-0.1, -0.05) is 38.5 Å².